The maximum Gasteiger partial charge on any atom is 0.301 e. The van der Waals surface area contributed by atoms with Crippen LogP contribution in [0.25, 0.3) is 0 Å². The molecule has 1 aliphatic heterocycles. The number of nitrogens with zero attached hydrogens (tertiary/aromatic N) is 1. The first-order valence-corrected chi connectivity index (χ1v) is 7.63. The van der Waals surface area contributed by atoms with E-state index < -0.39 is 10.2 Å². The predicted molar refractivity (Wildman–Crippen MR) is 73.5 cm³/mol. The van der Waals surface area contributed by atoms with E-state index in [4.69, 9.17) is 10.5 Å². The molecule has 6 nitrogen and oxygen atoms in total. The number of nitrogen functional groups attached to an aromatic ring is 1. The van der Waals surface area contributed by atoms with Gasteiger partial charge in [-0.1, -0.05) is 0 Å². The van der Waals surface area contributed by atoms with Gasteiger partial charge in [-0.25, -0.2) is 0 Å². The Morgan fingerprint density at radius 3 is 2.61 bits per heavy atom. The van der Waals surface area contributed by atoms with Crippen LogP contribution in [0, 0.1) is 0 Å². The van der Waals surface area contributed by atoms with Crippen molar-refractivity contribution in [3.05, 3.63) is 22.7 Å². The van der Waals surface area contributed by atoms with Gasteiger partial charge < -0.3 is 10.5 Å². The molecule has 1 heterocycles. The molecule has 18 heavy (non-hydrogen) atoms. The summed E-state index contributed by atoms with van der Waals surface area (Å²) in [6.45, 7) is 1.58. The maximum atomic E-state index is 12.1. The highest BCUT2D eigenvalue weighted by Gasteiger charge is 2.24. The molecule has 0 unspecified atom stereocenters. The van der Waals surface area contributed by atoms with Crippen LogP contribution in [0.1, 0.15) is 0 Å². The Bertz CT molecular complexity index is 529. The lowest BCUT2D eigenvalue weighted by Gasteiger charge is -2.26. The van der Waals surface area contributed by atoms with E-state index in [1.54, 1.807) is 18.2 Å². The number of hydrogen-bond acceptors (Lipinski definition) is 4. The monoisotopic (exact) mass is 335 g/mol. The van der Waals surface area contributed by atoms with E-state index in [9.17, 15) is 8.42 Å². The van der Waals surface area contributed by atoms with Gasteiger partial charge in [0, 0.05) is 23.2 Å². The fourth-order valence-corrected chi connectivity index (χ4v) is 3.15. The Labute approximate surface area is 114 Å². The molecule has 0 bridgehead atoms. The van der Waals surface area contributed by atoms with Crippen molar-refractivity contribution >= 4 is 37.5 Å². The van der Waals surface area contributed by atoms with Gasteiger partial charge in [0.1, 0.15) is 0 Å². The minimum atomic E-state index is -3.52. The largest absolute Gasteiger partial charge is 0.398 e. The summed E-state index contributed by atoms with van der Waals surface area (Å²) >= 11 is 3.26. The molecular formula is C10H14BrN3O3S. The topological polar surface area (TPSA) is 84.7 Å². The molecule has 2 rings (SSSR count). The SMILES string of the molecule is Nc1ccc(NS(=O)(=O)N2CCOCC2)cc1Br. The molecule has 1 aromatic carbocycles. The van der Waals surface area contributed by atoms with Crippen LogP contribution in [0.5, 0.6) is 0 Å². The summed E-state index contributed by atoms with van der Waals surface area (Å²) in [7, 11) is -3.52. The summed E-state index contributed by atoms with van der Waals surface area (Å²) in [4.78, 5) is 0. The second-order valence-corrected chi connectivity index (χ2v) is 6.38. The normalized spacial score (nSPS) is 17.6. The molecule has 3 N–H and O–H groups in total. The zero-order chi connectivity index (χ0) is 13.2. The highest BCUT2D eigenvalue weighted by Crippen LogP contribution is 2.24. The quantitative estimate of drug-likeness (QED) is 0.807. The molecule has 0 aliphatic carbocycles. The molecule has 1 aliphatic rings. The molecule has 0 spiro atoms. The second kappa shape index (κ2) is 5.43. The molecule has 100 valence electrons. The van der Waals surface area contributed by atoms with Crippen molar-refractivity contribution in [3.8, 4) is 0 Å². The lowest BCUT2D eigenvalue weighted by Crippen LogP contribution is -2.43. The number of anilines is 2. The smallest absolute Gasteiger partial charge is 0.301 e. The van der Waals surface area contributed by atoms with Crippen molar-refractivity contribution in [2.45, 2.75) is 0 Å². The Kier molecular flexibility index (Phi) is 4.10. The molecule has 0 radical (unpaired) electrons. The Morgan fingerprint density at radius 2 is 2.00 bits per heavy atom. The van der Waals surface area contributed by atoms with Crippen LogP contribution in [-0.2, 0) is 14.9 Å². The summed E-state index contributed by atoms with van der Waals surface area (Å²) < 4.78 is 33.8. The van der Waals surface area contributed by atoms with E-state index in [2.05, 4.69) is 20.7 Å². The van der Waals surface area contributed by atoms with Gasteiger partial charge in [0.25, 0.3) is 0 Å². The zero-order valence-corrected chi connectivity index (χ0v) is 12.0. The van der Waals surface area contributed by atoms with Crippen LogP contribution in [0.15, 0.2) is 22.7 Å². The average molecular weight is 336 g/mol. The molecule has 1 saturated heterocycles. The second-order valence-electron chi connectivity index (χ2n) is 3.85. The van der Waals surface area contributed by atoms with Gasteiger partial charge in [-0.15, -0.1) is 0 Å². The summed E-state index contributed by atoms with van der Waals surface area (Å²) in [5.41, 5.74) is 6.68. The summed E-state index contributed by atoms with van der Waals surface area (Å²) in [6, 6.07) is 4.90. The van der Waals surface area contributed by atoms with Crippen molar-refractivity contribution in [2.75, 3.05) is 36.8 Å². The van der Waals surface area contributed by atoms with Crippen LogP contribution in [0.2, 0.25) is 0 Å². The first-order chi connectivity index (χ1) is 8.49. The van der Waals surface area contributed by atoms with E-state index >= 15 is 0 Å². The molecule has 1 aromatic rings. The van der Waals surface area contributed by atoms with Gasteiger partial charge in [-0.3, -0.25) is 4.72 Å². The average Bonchev–Trinajstić information content (AvgIpc) is 2.35. The molecule has 0 atom stereocenters. The lowest BCUT2D eigenvalue weighted by molar-refractivity contribution is 0.0733. The molecular weight excluding hydrogens is 322 g/mol. The first-order valence-electron chi connectivity index (χ1n) is 5.40. The van der Waals surface area contributed by atoms with Crippen LogP contribution in [0.3, 0.4) is 0 Å². The third-order valence-corrected chi connectivity index (χ3v) is 4.78. The van der Waals surface area contributed by atoms with Gasteiger partial charge in [0.05, 0.1) is 18.9 Å². The molecule has 0 amide bonds. The summed E-state index contributed by atoms with van der Waals surface area (Å²) in [6.07, 6.45) is 0. The van der Waals surface area contributed by atoms with Gasteiger partial charge >= 0.3 is 10.2 Å². The van der Waals surface area contributed by atoms with E-state index in [-0.39, 0.29) is 0 Å². The number of hydrogen-bond donors (Lipinski definition) is 2. The van der Waals surface area contributed by atoms with Crippen molar-refractivity contribution < 1.29 is 13.2 Å². The van der Waals surface area contributed by atoms with E-state index in [0.29, 0.717) is 42.2 Å². The highest BCUT2D eigenvalue weighted by atomic mass is 79.9. The predicted octanol–water partition coefficient (Wildman–Crippen LogP) is 1.02. The van der Waals surface area contributed by atoms with Gasteiger partial charge in [-0.05, 0) is 34.1 Å². The van der Waals surface area contributed by atoms with E-state index in [1.807, 2.05) is 0 Å². The maximum absolute atomic E-state index is 12.1. The number of benzene rings is 1. The van der Waals surface area contributed by atoms with E-state index in [1.165, 1.54) is 4.31 Å². The molecule has 8 heteroatoms. The number of nitrogens with one attached hydrogen (secondary N) is 1. The van der Waals surface area contributed by atoms with Crippen LogP contribution in [0.4, 0.5) is 11.4 Å². The summed E-state index contributed by atoms with van der Waals surface area (Å²) in [5.74, 6) is 0. The third-order valence-electron chi connectivity index (χ3n) is 2.56. The summed E-state index contributed by atoms with van der Waals surface area (Å²) in [5, 5.41) is 0. The number of halogens is 1. The highest BCUT2D eigenvalue weighted by molar-refractivity contribution is 9.10. The van der Waals surface area contributed by atoms with Crippen molar-refractivity contribution in [1.82, 2.24) is 4.31 Å². The van der Waals surface area contributed by atoms with Gasteiger partial charge in [0.2, 0.25) is 0 Å². The standard InChI is InChI=1S/C10H14BrN3O3S/c11-9-7-8(1-2-10(9)12)13-18(15,16)14-3-5-17-6-4-14/h1-2,7,13H,3-6,12H2. The number of ether oxygens (including phenoxy) is 1. The van der Waals surface area contributed by atoms with E-state index in [0.717, 1.165) is 0 Å². The molecule has 0 saturated carbocycles. The van der Waals surface area contributed by atoms with Gasteiger partial charge in [-0.2, -0.15) is 12.7 Å². The number of nitrogens with two attached hydrogens (primary N) is 1. The minimum absolute atomic E-state index is 0.367. The molecule has 1 fully saturated rings. The number of rotatable bonds is 3. The number of morpholine rings is 1. The van der Waals surface area contributed by atoms with Crippen molar-refractivity contribution in [1.29, 1.82) is 0 Å². The first kappa shape index (κ1) is 13.6. The van der Waals surface area contributed by atoms with Crippen LogP contribution < -0.4 is 10.5 Å². The van der Waals surface area contributed by atoms with Crippen molar-refractivity contribution in [3.63, 3.8) is 0 Å². The Balaban J connectivity index is 2.13. The zero-order valence-electron chi connectivity index (χ0n) is 9.60. The fourth-order valence-electron chi connectivity index (χ4n) is 1.59. The lowest BCUT2D eigenvalue weighted by atomic mass is 10.3. The van der Waals surface area contributed by atoms with Crippen LogP contribution in [-0.4, -0.2) is 39.0 Å². The van der Waals surface area contributed by atoms with Crippen LogP contribution >= 0.6 is 15.9 Å². The molecule has 0 aromatic heterocycles. The fraction of sp³-hybridized carbons (Fsp3) is 0.400. The Hall–Kier alpha value is -0.830. The third kappa shape index (κ3) is 3.14. The van der Waals surface area contributed by atoms with Crippen molar-refractivity contribution in [2.24, 2.45) is 0 Å². The Morgan fingerprint density at radius 1 is 1.33 bits per heavy atom. The van der Waals surface area contributed by atoms with Gasteiger partial charge in [0.15, 0.2) is 0 Å². The minimum Gasteiger partial charge on any atom is -0.398 e.